The monoisotopic (exact) mass is 321 g/mol. The quantitative estimate of drug-likeness (QED) is 0.484. The Hall–Kier alpha value is -1.15. The summed E-state index contributed by atoms with van der Waals surface area (Å²) in [6.45, 7) is 3.62. The van der Waals surface area contributed by atoms with Crippen molar-refractivity contribution in [2.45, 2.75) is 50.5 Å². The molecule has 0 radical (unpaired) electrons. The molecule has 1 aliphatic carbocycles. The van der Waals surface area contributed by atoms with Crippen LogP contribution in [0.25, 0.3) is 0 Å². The summed E-state index contributed by atoms with van der Waals surface area (Å²) in [6, 6.07) is -0.00961. The van der Waals surface area contributed by atoms with Gasteiger partial charge in [-0.15, -0.1) is 0 Å². The van der Waals surface area contributed by atoms with Crippen molar-refractivity contribution in [3.63, 3.8) is 0 Å². The van der Waals surface area contributed by atoms with Gasteiger partial charge in [0.15, 0.2) is 0 Å². The summed E-state index contributed by atoms with van der Waals surface area (Å²) in [5.41, 5.74) is 0.241. The first kappa shape index (κ1) is 15.2. The van der Waals surface area contributed by atoms with E-state index >= 15 is 0 Å². The second kappa shape index (κ2) is 5.33. The van der Waals surface area contributed by atoms with Gasteiger partial charge in [-0.2, -0.15) is 4.68 Å². The zero-order chi connectivity index (χ0) is 15.1. The molecule has 112 valence electrons. The topological polar surface area (TPSA) is 95.1 Å². The van der Waals surface area contributed by atoms with E-state index in [1.54, 1.807) is 0 Å². The smallest absolute Gasteiger partial charge is 0.358 e. The van der Waals surface area contributed by atoms with Gasteiger partial charge in [0.05, 0.1) is 16.8 Å². The zero-order valence-corrected chi connectivity index (χ0v) is 12.8. The maximum Gasteiger partial charge on any atom is 0.410 e. The van der Waals surface area contributed by atoms with Crippen LogP contribution in [0.2, 0.25) is 0 Å². The highest BCUT2D eigenvalue weighted by Crippen LogP contribution is 2.37. The first-order valence-electron chi connectivity index (χ1n) is 6.40. The second-order valence-electron chi connectivity index (χ2n) is 5.30. The van der Waals surface area contributed by atoms with Crippen molar-refractivity contribution in [3.8, 4) is 0 Å². The number of halogens is 1. The van der Waals surface area contributed by atoms with E-state index in [2.05, 4.69) is 12.0 Å². The third-order valence-corrected chi connectivity index (χ3v) is 5.18. The number of hydrogen-bond acceptors (Lipinski definition) is 5. The Morgan fingerprint density at radius 2 is 2.10 bits per heavy atom. The normalized spacial score (nSPS) is 23.8. The van der Waals surface area contributed by atoms with Gasteiger partial charge >= 0.3 is 5.82 Å². The van der Waals surface area contributed by atoms with Gasteiger partial charge in [0.1, 0.15) is 0 Å². The third kappa shape index (κ3) is 2.80. The molecule has 0 aliphatic heterocycles. The van der Waals surface area contributed by atoms with E-state index in [9.17, 15) is 18.5 Å². The Labute approximate surface area is 121 Å². The Balaban J connectivity index is 2.53. The number of nitro groups is 1. The molecule has 1 aromatic rings. The Kier molecular flexibility index (Phi) is 4.06. The highest BCUT2D eigenvalue weighted by Gasteiger charge is 2.37. The van der Waals surface area contributed by atoms with Gasteiger partial charge in [-0.25, -0.2) is 8.42 Å². The van der Waals surface area contributed by atoms with Crippen molar-refractivity contribution >= 4 is 25.6 Å². The van der Waals surface area contributed by atoms with Crippen LogP contribution >= 0.6 is 10.7 Å². The summed E-state index contributed by atoms with van der Waals surface area (Å²) in [5.74, 6) is -0.191. The molecule has 1 fully saturated rings. The number of aromatic nitrogens is 2. The molecule has 1 aliphatic rings. The molecule has 0 aromatic carbocycles. The molecule has 0 bridgehead atoms. The van der Waals surface area contributed by atoms with Crippen molar-refractivity contribution in [2.75, 3.05) is 0 Å². The van der Waals surface area contributed by atoms with Crippen LogP contribution in [0.1, 0.15) is 44.3 Å². The van der Waals surface area contributed by atoms with Gasteiger partial charge < -0.3 is 10.1 Å². The molecule has 1 heterocycles. The van der Waals surface area contributed by atoms with Crippen molar-refractivity contribution in [1.29, 1.82) is 0 Å². The fraction of sp³-hybridized carbons (Fsp3) is 0.727. The van der Waals surface area contributed by atoms with Gasteiger partial charge in [0, 0.05) is 10.7 Å². The molecule has 0 amide bonds. The van der Waals surface area contributed by atoms with E-state index in [0.717, 1.165) is 25.7 Å². The van der Waals surface area contributed by atoms with Crippen LogP contribution in [0.15, 0.2) is 4.90 Å². The Morgan fingerprint density at radius 3 is 2.55 bits per heavy atom. The van der Waals surface area contributed by atoms with Crippen molar-refractivity contribution in [3.05, 3.63) is 15.8 Å². The number of hydrogen-bond donors (Lipinski definition) is 0. The average Bonchev–Trinajstić information content (AvgIpc) is 2.66. The van der Waals surface area contributed by atoms with Gasteiger partial charge in [0.2, 0.25) is 4.90 Å². The molecule has 20 heavy (non-hydrogen) atoms. The zero-order valence-electron chi connectivity index (χ0n) is 11.2. The average molecular weight is 322 g/mol. The summed E-state index contributed by atoms with van der Waals surface area (Å²) in [7, 11) is 1.12. The fourth-order valence-corrected chi connectivity index (χ4v) is 4.19. The van der Waals surface area contributed by atoms with Gasteiger partial charge in [-0.05, 0) is 30.6 Å². The molecule has 7 nitrogen and oxygen atoms in total. The van der Waals surface area contributed by atoms with E-state index < -0.39 is 24.7 Å². The van der Waals surface area contributed by atoms with Crippen molar-refractivity contribution in [2.24, 2.45) is 5.92 Å². The van der Waals surface area contributed by atoms with Gasteiger partial charge in [-0.1, -0.05) is 19.8 Å². The maximum atomic E-state index is 11.5. The van der Waals surface area contributed by atoms with Crippen molar-refractivity contribution in [1.82, 2.24) is 9.78 Å². The predicted octanol–water partition coefficient (Wildman–Crippen LogP) is 2.78. The van der Waals surface area contributed by atoms with E-state index in [1.165, 1.54) is 11.6 Å². The van der Waals surface area contributed by atoms with Crippen LogP contribution in [0, 0.1) is 23.0 Å². The van der Waals surface area contributed by atoms with Crippen LogP contribution in [0.3, 0.4) is 0 Å². The molecular formula is C11H16ClN3O4S. The first-order chi connectivity index (χ1) is 9.21. The summed E-state index contributed by atoms with van der Waals surface area (Å²) in [4.78, 5) is 9.70. The standard InChI is InChI=1S/C11H16ClN3O4S/c1-7-4-3-5-9(6-7)14-8(2)10(20(12,18)19)11(13-14)15(16)17/h7,9H,3-6H2,1-2H3. The molecule has 1 saturated carbocycles. The largest absolute Gasteiger partial charge is 0.410 e. The third-order valence-electron chi connectivity index (χ3n) is 3.75. The SMILES string of the molecule is Cc1c(S(=O)(=O)Cl)c([N+](=O)[O-])nn1C1CCCC(C)C1. The van der Waals surface area contributed by atoms with Crippen LogP contribution < -0.4 is 0 Å². The highest BCUT2D eigenvalue weighted by atomic mass is 35.7. The van der Waals surface area contributed by atoms with E-state index in [-0.39, 0.29) is 11.7 Å². The highest BCUT2D eigenvalue weighted by molar-refractivity contribution is 8.13. The lowest BCUT2D eigenvalue weighted by atomic mass is 9.87. The van der Waals surface area contributed by atoms with Crippen LogP contribution in [0.4, 0.5) is 5.82 Å². The molecule has 0 saturated heterocycles. The van der Waals surface area contributed by atoms with Gasteiger partial charge in [0.25, 0.3) is 9.05 Å². The Morgan fingerprint density at radius 1 is 1.45 bits per heavy atom. The van der Waals surface area contributed by atoms with E-state index in [0.29, 0.717) is 5.92 Å². The predicted molar refractivity (Wildman–Crippen MR) is 73.3 cm³/mol. The first-order valence-corrected chi connectivity index (χ1v) is 8.71. The van der Waals surface area contributed by atoms with Crippen LogP contribution in [-0.4, -0.2) is 23.1 Å². The molecular weight excluding hydrogens is 306 g/mol. The number of rotatable bonds is 3. The van der Waals surface area contributed by atoms with E-state index in [1.807, 2.05) is 0 Å². The minimum Gasteiger partial charge on any atom is -0.358 e. The minimum absolute atomic E-state index is 0.00961. The lowest BCUT2D eigenvalue weighted by Crippen LogP contribution is -2.19. The molecule has 2 rings (SSSR count). The lowest BCUT2D eigenvalue weighted by Gasteiger charge is -2.25. The van der Waals surface area contributed by atoms with Crippen molar-refractivity contribution < 1.29 is 13.3 Å². The fourth-order valence-electron chi connectivity index (χ4n) is 2.87. The summed E-state index contributed by atoms with van der Waals surface area (Å²) < 4.78 is 24.6. The Bertz CT molecular complexity index is 640. The molecule has 0 N–H and O–H groups in total. The molecule has 0 spiro atoms. The molecule has 9 heteroatoms. The molecule has 2 atom stereocenters. The molecule has 2 unspecified atom stereocenters. The summed E-state index contributed by atoms with van der Waals surface area (Å²) in [5, 5.41) is 14.9. The second-order valence-corrected chi connectivity index (χ2v) is 7.81. The van der Waals surface area contributed by atoms with Crippen LogP contribution in [0.5, 0.6) is 0 Å². The van der Waals surface area contributed by atoms with Gasteiger partial charge in [-0.3, -0.25) is 0 Å². The lowest BCUT2D eigenvalue weighted by molar-refractivity contribution is -0.392. The summed E-state index contributed by atoms with van der Waals surface area (Å²) >= 11 is 0. The van der Waals surface area contributed by atoms with Crippen LogP contribution in [-0.2, 0) is 9.05 Å². The number of nitrogens with zero attached hydrogens (tertiary/aromatic N) is 3. The summed E-state index contributed by atoms with van der Waals surface area (Å²) in [6.07, 6.45) is 3.79. The van der Waals surface area contributed by atoms with E-state index in [4.69, 9.17) is 10.7 Å². The maximum absolute atomic E-state index is 11.5. The molecule has 1 aromatic heterocycles. The minimum atomic E-state index is -4.19.